The number of nitrogens with two attached hydrogens (primary N) is 1. The SMILES string of the molecule is CCCC(N)CC(=O)N(CC)CC(C)C. The molecule has 0 fully saturated rings. The summed E-state index contributed by atoms with van der Waals surface area (Å²) >= 11 is 0. The van der Waals surface area contributed by atoms with E-state index in [1.165, 1.54) is 0 Å². The van der Waals surface area contributed by atoms with E-state index in [4.69, 9.17) is 5.73 Å². The molecule has 0 saturated carbocycles. The molecular weight excluding hydrogens is 188 g/mol. The Morgan fingerprint density at radius 1 is 1.33 bits per heavy atom. The summed E-state index contributed by atoms with van der Waals surface area (Å²) in [5.74, 6) is 0.725. The summed E-state index contributed by atoms with van der Waals surface area (Å²) in [6, 6.07) is 0.0312. The Labute approximate surface area is 94.0 Å². The van der Waals surface area contributed by atoms with E-state index in [2.05, 4.69) is 20.8 Å². The largest absolute Gasteiger partial charge is 0.343 e. The zero-order valence-corrected chi connectivity index (χ0v) is 10.6. The third kappa shape index (κ3) is 6.50. The first kappa shape index (κ1) is 14.4. The number of rotatable bonds is 7. The Bertz CT molecular complexity index is 180. The molecule has 90 valence electrons. The summed E-state index contributed by atoms with van der Waals surface area (Å²) in [6.07, 6.45) is 2.48. The van der Waals surface area contributed by atoms with Gasteiger partial charge in [-0.1, -0.05) is 27.2 Å². The molecule has 0 saturated heterocycles. The second-order valence-electron chi connectivity index (χ2n) is 4.58. The van der Waals surface area contributed by atoms with Gasteiger partial charge in [-0.25, -0.2) is 0 Å². The van der Waals surface area contributed by atoms with Gasteiger partial charge < -0.3 is 10.6 Å². The van der Waals surface area contributed by atoms with Crippen molar-refractivity contribution in [1.29, 1.82) is 0 Å². The average molecular weight is 214 g/mol. The highest BCUT2D eigenvalue weighted by molar-refractivity contribution is 5.76. The topological polar surface area (TPSA) is 46.3 Å². The van der Waals surface area contributed by atoms with Crippen LogP contribution < -0.4 is 5.73 Å². The van der Waals surface area contributed by atoms with Gasteiger partial charge in [0.15, 0.2) is 0 Å². The van der Waals surface area contributed by atoms with E-state index in [0.717, 1.165) is 25.9 Å². The summed E-state index contributed by atoms with van der Waals surface area (Å²) in [7, 11) is 0. The Morgan fingerprint density at radius 3 is 2.33 bits per heavy atom. The fourth-order valence-electron chi connectivity index (χ4n) is 1.67. The van der Waals surface area contributed by atoms with Crippen LogP contribution in [0.25, 0.3) is 0 Å². The van der Waals surface area contributed by atoms with E-state index >= 15 is 0 Å². The van der Waals surface area contributed by atoms with Crippen LogP contribution in [0.5, 0.6) is 0 Å². The van der Waals surface area contributed by atoms with E-state index in [-0.39, 0.29) is 11.9 Å². The van der Waals surface area contributed by atoms with Crippen molar-refractivity contribution >= 4 is 5.91 Å². The monoisotopic (exact) mass is 214 g/mol. The van der Waals surface area contributed by atoms with E-state index in [9.17, 15) is 4.79 Å². The summed E-state index contributed by atoms with van der Waals surface area (Å²) in [5.41, 5.74) is 5.86. The lowest BCUT2D eigenvalue weighted by Crippen LogP contribution is -2.37. The van der Waals surface area contributed by atoms with Gasteiger partial charge in [-0.05, 0) is 19.3 Å². The molecular formula is C12H26N2O. The first-order valence-electron chi connectivity index (χ1n) is 6.04. The van der Waals surface area contributed by atoms with Gasteiger partial charge in [-0.15, -0.1) is 0 Å². The third-order valence-electron chi connectivity index (χ3n) is 2.42. The number of nitrogens with zero attached hydrogens (tertiary/aromatic N) is 1. The van der Waals surface area contributed by atoms with Gasteiger partial charge in [-0.2, -0.15) is 0 Å². The number of hydrogen-bond donors (Lipinski definition) is 1. The lowest BCUT2D eigenvalue weighted by Gasteiger charge is -2.24. The Balaban J connectivity index is 4.03. The second kappa shape index (κ2) is 7.69. The van der Waals surface area contributed by atoms with E-state index in [1.807, 2.05) is 11.8 Å². The molecule has 0 spiro atoms. The van der Waals surface area contributed by atoms with Crippen molar-refractivity contribution in [2.75, 3.05) is 13.1 Å². The highest BCUT2D eigenvalue weighted by atomic mass is 16.2. The van der Waals surface area contributed by atoms with Crippen LogP contribution in [0, 0.1) is 5.92 Å². The fraction of sp³-hybridized carbons (Fsp3) is 0.917. The van der Waals surface area contributed by atoms with Crippen LogP contribution >= 0.6 is 0 Å². The van der Waals surface area contributed by atoms with Crippen LogP contribution in [-0.4, -0.2) is 29.9 Å². The van der Waals surface area contributed by atoms with Gasteiger partial charge in [0.25, 0.3) is 0 Å². The molecule has 0 heterocycles. The lowest BCUT2D eigenvalue weighted by molar-refractivity contribution is -0.131. The predicted molar refractivity (Wildman–Crippen MR) is 64.6 cm³/mol. The molecule has 0 aromatic carbocycles. The zero-order valence-electron chi connectivity index (χ0n) is 10.6. The maximum absolute atomic E-state index is 11.8. The second-order valence-corrected chi connectivity index (χ2v) is 4.58. The molecule has 3 nitrogen and oxygen atoms in total. The first-order chi connectivity index (χ1) is 7.01. The summed E-state index contributed by atoms with van der Waals surface area (Å²) in [5, 5.41) is 0. The molecule has 0 bridgehead atoms. The fourth-order valence-corrected chi connectivity index (χ4v) is 1.67. The molecule has 0 radical (unpaired) electrons. The predicted octanol–water partition coefficient (Wildman–Crippen LogP) is 2.01. The van der Waals surface area contributed by atoms with Crippen LogP contribution in [0.4, 0.5) is 0 Å². The van der Waals surface area contributed by atoms with Crippen molar-refractivity contribution in [3.63, 3.8) is 0 Å². The first-order valence-corrected chi connectivity index (χ1v) is 6.04. The molecule has 1 atom stereocenters. The van der Waals surface area contributed by atoms with Gasteiger partial charge in [0.1, 0.15) is 0 Å². The van der Waals surface area contributed by atoms with Crippen LogP contribution in [0.1, 0.15) is 47.0 Å². The molecule has 1 unspecified atom stereocenters. The van der Waals surface area contributed by atoms with Crippen molar-refractivity contribution in [3.05, 3.63) is 0 Å². The zero-order chi connectivity index (χ0) is 11.8. The van der Waals surface area contributed by atoms with Crippen molar-refractivity contribution < 1.29 is 4.79 Å². The number of carbonyl (C=O) groups is 1. The quantitative estimate of drug-likeness (QED) is 0.704. The van der Waals surface area contributed by atoms with Crippen LogP contribution in [0.3, 0.4) is 0 Å². The van der Waals surface area contributed by atoms with Crippen molar-refractivity contribution in [3.8, 4) is 0 Å². The maximum atomic E-state index is 11.8. The molecule has 15 heavy (non-hydrogen) atoms. The summed E-state index contributed by atoms with van der Waals surface area (Å²) < 4.78 is 0. The number of carbonyl (C=O) groups excluding carboxylic acids is 1. The number of amides is 1. The van der Waals surface area contributed by atoms with Crippen molar-refractivity contribution in [2.24, 2.45) is 11.7 Å². The van der Waals surface area contributed by atoms with Crippen LogP contribution in [0.2, 0.25) is 0 Å². The summed E-state index contributed by atoms with van der Waals surface area (Å²) in [4.78, 5) is 13.7. The van der Waals surface area contributed by atoms with E-state index in [0.29, 0.717) is 12.3 Å². The molecule has 2 N–H and O–H groups in total. The molecule has 0 aliphatic rings. The highest BCUT2D eigenvalue weighted by Gasteiger charge is 2.15. The lowest BCUT2D eigenvalue weighted by atomic mass is 10.1. The highest BCUT2D eigenvalue weighted by Crippen LogP contribution is 2.05. The molecule has 0 aromatic rings. The molecule has 0 aromatic heterocycles. The average Bonchev–Trinajstić information content (AvgIpc) is 2.13. The van der Waals surface area contributed by atoms with Crippen LogP contribution in [0.15, 0.2) is 0 Å². The minimum absolute atomic E-state index is 0.0312. The van der Waals surface area contributed by atoms with Gasteiger partial charge >= 0.3 is 0 Å². The van der Waals surface area contributed by atoms with Crippen molar-refractivity contribution in [1.82, 2.24) is 4.90 Å². The van der Waals surface area contributed by atoms with E-state index < -0.39 is 0 Å². The van der Waals surface area contributed by atoms with Gasteiger partial charge in [0.05, 0.1) is 0 Å². The van der Waals surface area contributed by atoms with Gasteiger partial charge in [0, 0.05) is 25.6 Å². The third-order valence-corrected chi connectivity index (χ3v) is 2.42. The molecule has 0 rings (SSSR count). The molecule has 1 amide bonds. The van der Waals surface area contributed by atoms with Crippen LogP contribution in [-0.2, 0) is 4.79 Å². The van der Waals surface area contributed by atoms with Crippen molar-refractivity contribution in [2.45, 2.75) is 53.0 Å². The minimum Gasteiger partial charge on any atom is -0.343 e. The minimum atomic E-state index is 0.0312. The smallest absolute Gasteiger partial charge is 0.224 e. The standard InChI is InChI=1S/C12H26N2O/c1-5-7-11(13)8-12(15)14(6-2)9-10(3)4/h10-11H,5-9,13H2,1-4H3. The molecule has 3 heteroatoms. The maximum Gasteiger partial charge on any atom is 0.224 e. The summed E-state index contributed by atoms with van der Waals surface area (Å²) in [6.45, 7) is 10.00. The number of hydrogen-bond acceptors (Lipinski definition) is 2. The Kier molecular flexibility index (Phi) is 7.39. The Morgan fingerprint density at radius 2 is 1.93 bits per heavy atom. The van der Waals surface area contributed by atoms with Gasteiger partial charge in [-0.3, -0.25) is 4.79 Å². The molecule has 0 aliphatic heterocycles. The normalized spacial score (nSPS) is 12.9. The van der Waals surface area contributed by atoms with Gasteiger partial charge in [0.2, 0.25) is 5.91 Å². The molecule has 0 aliphatic carbocycles. The Hall–Kier alpha value is -0.570. The van der Waals surface area contributed by atoms with E-state index in [1.54, 1.807) is 0 Å².